The van der Waals surface area contributed by atoms with Crippen LogP contribution in [0.5, 0.6) is 0 Å². The number of fused-ring (bicyclic) bond motifs is 3. The molecular formula is C28H42N4O8. The van der Waals surface area contributed by atoms with Crippen LogP contribution in [0.4, 0.5) is 0 Å². The number of carbonyl (C=O) groups excluding carboxylic acids is 3. The summed E-state index contributed by atoms with van der Waals surface area (Å²) in [5, 5.41) is 12.6. The maximum Gasteiger partial charge on any atom is 0.289 e. The van der Waals surface area contributed by atoms with E-state index in [1.54, 1.807) is 23.6 Å². The SMILES string of the molecule is CC1(NCC(=O)N2CCC[C@H]2C#N)CCN(C(=O)C(=O)CC[C@@]23OC[C@H]4OC(C)(C)O[C@H]4[C@@H]2OC(C)(C)O3)CC1. The number of piperidine rings is 1. The Kier molecular flexibility index (Phi) is 7.78. The lowest BCUT2D eigenvalue weighted by Crippen LogP contribution is -2.58. The highest BCUT2D eigenvalue weighted by molar-refractivity contribution is 6.36. The summed E-state index contributed by atoms with van der Waals surface area (Å²) >= 11 is 0. The largest absolute Gasteiger partial charge is 0.344 e. The molecule has 0 aromatic rings. The van der Waals surface area contributed by atoms with Crippen LogP contribution >= 0.6 is 0 Å². The van der Waals surface area contributed by atoms with E-state index < -0.39 is 41.3 Å². The number of likely N-dealkylation sites (tertiary alicyclic amines) is 2. The van der Waals surface area contributed by atoms with Crippen molar-refractivity contribution in [3.05, 3.63) is 0 Å². The summed E-state index contributed by atoms with van der Waals surface area (Å²) in [5.74, 6) is -4.03. The predicted octanol–water partition coefficient (Wildman–Crippen LogP) is 1.22. The van der Waals surface area contributed by atoms with Crippen LogP contribution in [0.3, 0.4) is 0 Å². The number of hydrogen-bond acceptors (Lipinski definition) is 10. The number of amides is 2. The number of rotatable bonds is 7. The fourth-order valence-corrected chi connectivity index (χ4v) is 6.60. The molecule has 0 unspecified atom stereocenters. The Morgan fingerprint density at radius 3 is 2.42 bits per heavy atom. The van der Waals surface area contributed by atoms with E-state index in [2.05, 4.69) is 11.4 Å². The normalized spacial score (nSPS) is 35.6. The van der Waals surface area contributed by atoms with Crippen molar-refractivity contribution < 1.29 is 38.1 Å². The molecule has 12 heteroatoms. The third kappa shape index (κ3) is 5.78. The second kappa shape index (κ2) is 10.6. The van der Waals surface area contributed by atoms with Crippen molar-refractivity contribution in [2.75, 3.05) is 32.8 Å². The number of nitrogens with zero attached hydrogens (tertiary/aromatic N) is 3. The zero-order valence-corrected chi connectivity index (χ0v) is 24.2. The van der Waals surface area contributed by atoms with Gasteiger partial charge in [0.25, 0.3) is 5.91 Å². The van der Waals surface area contributed by atoms with Gasteiger partial charge in [-0.25, -0.2) is 0 Å². The fraction of sp³-hybridized carbons (Fsp3) is 0.857. The first-order valence-electron chi connectivity index (χ1n) is 14.4. The summed E-state index contributed by atoms with van der Waals surface area (Å²) in [6.07, 6.45) is 1.58. The molecule has 2 amide bonds. The molecule has 0 spiro atoms. The standard InChI is InChI=1S/C28H42N4O8/c1-25(2)37-20-17-36-28(23(22(20)38-25)39-26(3,4)40-28)9-8-19(33)24(35)31-13-10-27(5,11-14-31)30-16-21(34)32-12-6-7-18(32)15-29/h18,20,22-23,30H,6-14,16-17H2,1-5H3/t18-,20+,22+,23-,28-/m0/s1. The van der Waals surface area contributed by atoms with Gasteiger partial charge in [0.05, 0.1) is 19.2 Å². The number of nitriles is 1. The molecule has 5 aliphatic rings. The van der Waals surface area contributed by atoms with Gasteiger partial charge in [-0.1, -0.05) is 0 Å². The molecule has 0 saturated carbocycles. The summed E-state index contributed by atoms with van der Waals surface area (Å²) in [6.45, 7) is 11.1. The van der Waals surface area contributed by atoms with Crippen LogP contribution < -0.4 is 5.32 Å². The van der Waals surface area contributed by atoms with E-state index in [4.69, 9.17) is 23.7 Å². The fourth-order valence-electron chi connectivity index (χ4n) is 6.60. The monoisotopic (exact) mass is 562 g/mol. The van der Waals surface area contributed by atoms with Crippen molar-refractivity contribution in [1.29, 1.82) is 5.26 Å². The van der Waals surface area contributed by atoms with E-state index in [1.165, 1.54) is 0 Å². The van der Waals surface area contributed by atoms with Crippen molar-refractivity contribution in [2.24, 2.45) is 0 Å². The molecule has 0 bridgehead atoms. The van der Waals surface area contributed by atoms with Crippen LogP contribution in [0.2, 0.25) is 0 Å². The molecule has 5 heterocycles. The van der Waals surface area contributed by atoms with E-state index in [9.17, 15) is 19.6 Å². The molecule has 40 heavy (non-hydrogen) atoms. The van der Waals surface area contributed by atoms with Gasteiger partial charge in [0, 0.05) is 38.0 Å². The molecule has 0 aromatic carbocycles. The van der Waals surface area contributed by atoms with Crippen LogP contribution in [0.15, 0.2) is 0 Å². The summed E-state index contributed by atoms with van der Waals surface area (Å²) < 4.78 is 30.6. The zero-order chi connectivity index (χ0) is 28.9. The van der Waals surface area contributed by atoms with Crippen molar-refractivity contribution in [3.8, 4) is 6.07 Å². The molecule has 0 radical (unpaired) electrons. The van der Waals surface area contributed by atoms with E-state index in [-0.39, 0.29) is 49.6 Å². The molecule has 1 N–H and O–H groups in total. The molecule has 5 aliphatic heterocycles. The lowest BCUT2D eigenvalue weighted by Gasteiger charge is -2.41. The minimum atomic E-state index is -1.21. The van der Waals surface area contributed by atoms with Gasteiger partial charge in [-0.3, -0.25) is 14.4 Å². The number of Topliss-reactive ketones (excluding diaryl/α,β-unsaturated/α-hetero) is 1. The first kappa shape index (κ1) is 29.4. The average molecular weight is 563 g/mol. The topological polar surface area (TPSA) is 140 Å². The van der Waals surface area contributed by atoms with Crippen molar-refractivity contribution >= 4 is 17.6 Å². The molecule has 5 rings (SSSR count). The van der Waals surface area contributed by atoms with Gasteiger partial charge in [-0.15, -0.1) is 0 Å². The number of hydrogen-bond donors (Lipinski definition) is 1. The minimum absolute atomic E-state index is 0.0488. The first-order valence-corrected chi connectivity index (χ1v) is 14.4. The highest BCUT2D eigenvalue weighted by Gasteiger charge is 2.65. The van der Waals surface area contributed by atoms with E-state index >= 15 is 0 Å². The number of ether oxygens (including phenoxy) is 5. The van der Waals surface area contributed by atoms with Crippen LogP contribution in [-0.2, 0) is 38.1 Å². The number of ketones is 1. The van der Waals surface area contributed by atoms with Crippen molar-refractivity contribution in [1.82, 2.24) is 15.1 Å². The Balaban J connectivity index is 1.12. The first-order chi connectivity index (χ1) is 18.8. The molecule has 5 atom stereocenters. The molecule has 12 nitrogen and oxygen atoms in total. The minimum Gasteiger partial charge on any atom is -0.344 e. The smallest absolute Gasteiger partial charge is 0.289 e. The highest BCUT2D eigenvalue weighted by Crippen LogP contribution is 2.49. The van der Waals surface area contributed by atoms with E-state index in [0.29, 0.717) is 32.5 Å². The zero-order valence-electron chi connectivity index (χ0n) is 24.2. The van der Waals surface area contributed by atoms with Crippen molar-refractivity contribution in [3.63, 3.8) is 0 Å². The Hall–Kier alpha value is -2.14. The van der Waals surface area contributed by atoms with Gasteiger partial charge in [0.15, 0.2) is 11.6 Å². The van der Waals surface area contributed by atoms with E-state index in [0.717, 1.165) is 12.8 Å². The molecule has 5 fully saturated rings. The van der Waals surface area contributed by atoms with Gasteiger partial charge < -0.3 is 38.8 Å². The number of nitrogens with one attached hydrogen (secondary N) is 1. The second-order valence-electron chi connectivity index (χ2n) is 12.8. The maximum atomic E-state index is 13.1. The third-order valence-electron chi connectivity index (χ3n) is 8.76. The van der Waals surface area contributed by atoms with Crippen LogP contribution in [0.25, 0.3) is 0 Å². The Morgan fingerprint density at radius 1 is 1.00 bits per heavy atom. The molecule has 0 aliphatic carbocycles. The maximum absolute atomic E-state index is 13.1. The van der Waals surface area contributed by atoms with Gasteiger partial charge in [-0.05, 0) is 60.3 Å². The molecule has 5 saturated heterocycles. The van der Waals surface area contributed by atoms with Crippen LogP contribution in [0.1, 0.15) is 73.1 Å². The van der Waals surface area contributed by atoms with E-state index in [1.807, 2.05) is 20.8 Å². The molecule has 222 valence electrons. The molecule has 0 aromatic heterocycles. The third-order valence-corrected chi connectivity index (χ3v) is 8.76. The summed E-state index contributed by atoms with van der Waals surface area (Å²) in [7, 11) is 0. The quantitative estimate of drug-likeness (QED) is 0.451. The Labute approximate surface area is 235 Å². The summed E-state index contributed by atoms with van der Waals surface area (Å²) in [5.41, 5.74) is -0.340. The molecular weight excluding hydrogens is 520 g/mol. The predicted molar refractivity (Wildman–Crippen MR) is 139 cm³/mol. The van der Waals surface area contributed by atoms with Gasteiger partial charge >= 0.3 is 0 Å². The lowest BCUT2D eigenvalue weighted by molar-refractivity contribution is -0.283. The lowest BCUT2D eigenvalue weighted by atomic mass is 9.89. The van der Waals surface area contributed by atoms with Gasteiger partial charge in [0.2, 0.25) is 17.5 Å². The Morgan fingerprint density at radius 2 is 1.73 bits per heavy atom. The highest BCUT2D eigenvalue weighted by atomic mass is 16.9. The van der Waals surface area contributed by atoms with Gasteiger partial charge in [0.1, 0.15) is 24.4 Å². The summed E-state index contributed by atoms with van der Waals surface area (Å²) in [6, 6.07) is 1.85. The number of carbonyl (C=O) groups is 3. The van der Waals surface area contributed by atoms with Crippen LogP contribution in [-0.4, -0.2) is 107 Å². The van der Waals surface area contributed by atoms with Gasteiger partial charge in [-0.2, -0.15) is 5.26 Å². The average Bonchev–Trinajstić information content (AvgIpc) is 3.58. The summed E-state index contributed by atoms with van der Waals surface area (Å²) in [4.78, 5) is 42.0. The second-order valence-corrected chi connectivity index (χ2v) is 12.8. The van der Waals surface area contributed by atoms with Crippen molar-refractivity contribution in [2.45, 2.75) is 120 Å². The Bertz CT molecular complexity index is 1070. The van der Waals surface area contributed by atoms with Crippen LogP contribution in [0, 0.1) is 11.3 Å².